The minimum atomic E-state index is -0.853. The quantitative estimate of drug-likeness (QED) is 0.400. The van der Waals surface area contributed by atoms with E-state index in [1.165, 1.54) is 14.2 Å². The van der Waals surface area contributed by atoms with Gasteiger partial charge in [-0.3, -0.25) is 9.63 Å². The Labute approximate surface area is 219 Å². The number of hydroxylamine groups is 2. The summed E-state index contributed by atoms with van der Waals surface area (Å²) in [5, 5.41) is 3.72. The molecule has 36 heavy (non-hydrogen) atoms. The fraction of sp³-hybridized carbons (Fsp3) is 0.517. The van der Waals surface area contributed by atoms with Gasteiger partial charge in [0.1, 0.15) is 24.0 Å². The van der Waals surface area contributed by atoms with Gasteiger partial charge >= 0.3 is 6.09 Å². The van der Waals surface area contributed by atoms with Crippen LogP contribution in [0.3, 0.4) is 0 Å². The molecular weight excluding hydrogens is 456 g/mol. The fourth-order valence-electron chi connectivity index (χ4n) is 2.70. The second kappa shape index (κ2) is 20.2. The van der Waals surface area contributed by atoms with Gasteiger partial charge in [0.05, 0.1) is 7.11 Å². The highest BCUT2D eigenvalue weighted by Crippen LogP contribution is 2.17. The van der Waals surface area contributed by atoms with Crippen molar-refractivity contribution in [2.24, 2.45) is 0 Å². The van der Waals surface area contributed by atoms with Crippen LogP contribution in [-0.2, 0) is 27.4 Å². The van der Waals surface area contributed by atoms with Crippen molar-refractivity contribution in [3.05, 3.63) is 65.7 Å². The summed E-state index contributed by atoms with van der Waals surface area (Å²) < 4.78 is 11.2. The van der Waals surface area contributed by atoms with Gasteiger partial charge in [0, 0.05) is 13.5 Å². The van der Waals surface area contributed by atoms with E-state index < -0.39 is 17.7 Å². The van der Waals surface area contributed by atoms with Gasteiger partial charge in [-0.1, -0.05) is 84.0 Å². The number of nitrogens with zero attached hydrogens (tertiary/aromatic N) is 1. The van der Waals surface area contributed by atoms with Crippen LogP contribution in [0.15, 0.2) is 54.6 Å². The summed E-state index contributed by atoms with van der Waals surface area (Å²) in [7, 11) is 2.88. The van der Waals surface area contributed by atoms with Crippen LogP contribution in [0.1, 0.15) is 73.4 Å². The normalized spacial score (nSPS) is 10.5. The molecule has 0 spiro atoms. The topological polar surface area (TPSA) is 77.1 Å². The summed E-state index contributed by atoms with van der Waals surface area (Å²) in [4.78, 5) is 29.9. The van der Waals surface area contributed by atoms with E-state index in [1.54, 1.807) is 20.8 Å². The van der Waals surface area contributed by atoms with Gasteiger partial charge in [0.15, 0.2) is 0 Å². The van der Waals surface area contributed by atoms with Crippen molar-refractivity contribution in [3.8, 4) is 5.75 Å². The van der Waals surface area contributed by atoms with Crippen LogP contribution in [0, 0.1) is 0 Å². The number of amides is 2. The average molecular weight is 505 g/mol. The maximum absolute atomic E-state index is 12.7. The Balaban J connectivity index is 0. The van der Waals surface area contributed by atoms with Gasteiger partial charge in [-0.05, 0) is 44.0 Å². The van der Waals surface area contributed by atoms with Crippen LogP contribution >= 0.6 is 0 Å². The largest absolute Gasteiger partial charge is 0.489 e. The summed E-state index contributed by atoms with van der Waals surface area (Å²) in [5.41, 5.74) is 1.22. The van der Waals surface area contributed by atoms with E-state index in [2.05, 4.69) is 5.32 Å². The fourth-order valence-corrected chi connectivity index (χ4v) is 2.70. The lowest BCUT2D eigenvalue weighted by atomic mass is 10.0. The Morgan fingerprint density at radius 3 is 1.97 bits per heavy atom. The number of hydrogen-bond donors (Lipinski definition) is 1. The van der Waals surface area contributed by atoms with Crippen molar-refractivity contribution in [3.63, 3.8) is 0 Å². The molecule has 2 rings (SSSR count). The maximum atomic E-state index is 12.7. The first-order chi connectivity index (χ1) is 17.2. The predicted octanol–water partition coefficient (Wildman–Crippen LogP) is 6.80. The number of rotatable bonds is 8. The lowest BCUT2D eigenvalue weighted by Gasteiger charge is -2.25. The molecule has 1 unspecified atom stereocenters. The molecular formula is C29H48N2O5. The number of carbonyl (C=O) groups excluding carboxylic acids is 2. The molecule has 204 valence electrons. The minimum Gasteiger partial charge on any atom is -0.489 e. The molecule has 0 aliphatic carbocycles. The molecule has 0 aromatic heterocycles. The van der Waals surface area contributed by atoms with Gasteiger partial charge in [-0.25, -0.2) is 9.86 Å². The lowest BCUT2D eigenvalue weighted by Crippen LogP contribution is -2.49. The highest BCUT2D eigenvalue weighted by Gasteiger charge is 2.27. The Kier molecular flexibility index (Phi) is 19.7. The summed E-state index contributed by atoms with van der Waals surface area (Å²) in [6.45, 7) is 17.7. The molecule has 0 saturated heterocycles. The zero-order valence-electron chi connectivity index (χ0n) is 24.2. The van der Waals surface area contributed by atoms with E-state index in [0.717, 1.165) is 16.2 Å². The third-order valence-corrected chi connectivity index (χ3v) is 4.16. The van der Waals surface area contributed by atoms with E-state index in [9.17, 15) is 9.59 Å². The Morgan fingerprint density at radius 1 is 0.889 bits per heavy atom. The van der Waals surface area contributed by atoms with E-state index in [1.807, 2.05) is 96.1 Å². The molecule has 1 N–H and O–H groups in total. The zero-order valence-corrected chi connectivity index (χ0v) is 24.2. The minimum absolute atomic E-state index is 0.258. The van der Waals surface area contributed by atoms with Gasteiger partial charge < -0.3 is 14.8 Å². The number of alkyl carbamates (subject to hydrolysis) is 1. The van der Waals surface area contributed by atoms with E-state index >= 15 is 0 Å². The smallest absolute Gasteiger partial charge is 0.408 e. The van der Waals surface area contributed by atoms with Crippen molar-refractivity contribution in [1.82, 2.24) is 10.4 Å². The van der Waals surface area contributed by atoms with E-state index in [0.29, 0.717) is 12.4 Å². The van der Waals surface area contributed by atoms with Crippen molar-refractivity contribution in [1.29, 1.82) is 0 Å². The Morgan fingerprint density at radius 2 is 1.44 bits per heavy atom. The first kappa shape index (κ1) is 35.1. The summed E-state index contributed by atoms with van der Waals surface area (Å²) in [6.07, 6.45) is -0.407. The van der Waals surface area contributed by atoms with Crippen molar-refractivity contribution >= 4 is 12.0 Å². The van der Waals surface area contributed by atoms with Gasteiger partial charge in [-0.15, -0.1) is 0 Å². The van der Waals surface area contributed by atoms with Crippen LogP contribution in [0.4, 0.5) is 4.79 Å². The molecule has 1 atom stereocenters. The van der Waals surface area contributed by atoms with E-state index in [4.69, 9.17) is 14.3 Å². The zero-order chi connectivity index (χ0) is 28.1. The lowest BCUT2D eigenvalue weighted by molar-refractivity contribution is -0.171. The Hall–Kier alpha value is -3.06. The molecule has 7 heteroatoms. The third-order valence-electron chi connectivity index (χ3n) is 4.16. The third kappa shape index (κ3) is 15.0. The second-order valence-corrected chi connectivity index (χ2v) is 7.84. The number of benzene rings is 2. The van der Waals surface area contributed by atoms with Gasteiger partial charge in [0.2, 0.25) is 0 Å². The van der Waals surface area contributed by atoms with Crippen LogP contribution in [0.25, 0.3) is 0 Å². The molecule has 0 aliphatic heterocycles. The standard InChI is InChI=1S/C23H30N2O5.3C2H6/c1-23(2,3)30-22(27)24-20(21(26)25(4)28-5)15-18-12-9-13-19(14-18)29-16-17-10-7-6-8-11-17;3*1-2/h6-14,20H,15-16H2,1-5H3,(H,24,27);3*1-2H3. The monoisotopic (exact) mass is 504 g/mol. The maximum Gasteiger partial charge on any atom is 0.408 e. The molecule has 2 aromatic carbocycles. The Bertz CT molecular complexity index is 835. The van der Waals surface area contributed by atoms with Crippen LogP contribution in [-0.4, -0.2) is 42.9 Å². The number of ether oxygens (including phenoxy) is 2. The molecule has 2 amide bonds. The molecule has 0 radical (unpaired) electrons. The number of carbonyl (C=O) groups is 2. The summed E-state index contributed by atoms with van der Waals surface area (Å²) >= 11 is 0. The highest BCUT2D eigenvalue weighted by atomic mass is 16.7. The average Bonchev–Trinajstić information content (AvgIpc) is 2.89. The van der Waals surface area contributed by atoms with Crippen LogP contribution in [0.5, 0.6) is 5.75 Å². The first-order valence-corrected chi connectivity index (χ1v) is 12.7. The molecule has 0 bridgehead atoms. The van der Waals surface area contributed by atoms with Crippen molar-refractivity contribution in [2.45, 2.75) is 87.0 Å². The number of nitrogens with one attached hydrogen (secondary N) is 1. The van der Waals surface area contributed by atoms with Crippen LogP contribution in [0.2, 0.25) is 0 Å². The summed E-state index contributed by atoms with van der Waals surface area (Å²) in [6, 6.07) is 16.4. The van der Waals surface area contributed by atoms with Gasteiger partial charge in [-0.2, -0.15) is 0 Å². The SMILES string of the molecule is CC.CC.CC.CON(C)C(=O)C(Cc1cccc(OCc2ccccc2)c1)NC(=O)OC(C)(C)C. The molecule has 0 fully saturated rings. The predicted molar refractivity (Wildman–Crippen MR) is 148 cm³/mol. The molecule has 2 aromatic rings. The molecule has 0 heterocycles. The first-order valence-electron chi connectivity index (χ1n) is 12.7. The van der Waals surface area contributed by atoms with Crippen molar-refractivity contribution in [2.75, 3.05) is 14.2 Å². The number of likely N-dealkylation sites (N-methyl/N-ethyl adjacent to an activating group) is 1. The summed E-state index contributed by atoms with van der Waals surface area (Å²) in [5.74, 6) is 0.291. The van der Waals surface area contributed by atoms with E-state index in [-0.39, 0.29) is 12.3 Å². The number of hydrogen-bond acceptors (Lipinski definition) is 5. The van der Waals surface area contributed by atoms with Crippen molar-refractivity contribution < 1.29 is 23.9 Å². The molecule has 7 nitrogen and oxygen atoms in total. The van der Waals surface area contributed by atoms with Crippen LogP contribution < -0.4 is 10.1 Å². The molecule has 0 saturated carbocycles. The van der Waals surface area contributed by atoms with Gasteiger partial charge in [0.25, 0.3) is 5.91 Å². The highest BCUT2D eigenvalue weighted by molar-refractivity contribution is 5.85. The second-order valence-electron chi connectivity index (χ2n) is 7.84. The molecule has 0 aliphatic rings.